The topological polar surface area (TPSA) is 59.0 Å². The fraction of sp³-hybridized carbons (Fsp3) is 0.500. The molecule has 0 saturated carbocycles. The van der Waals surface area contributed by atoms with Crippen LogP contribution in [-0.2, 0) is 32.9 Å². The fourth-order valence-electron chi connectivity index (χ4n) is 4.78. The number of benzene rings is 2. The van der Waals surface area contributed by atoms with E-state index in [1.807, 2.05) is 20.8 Å². The number of carbonyl (C=O) groups is 1. The molecule has 2 aromatic rings. The van der Waals surface area contributed by atoms with Crippen molar-refractivity contribution in [1.29, 1.82) is 0 Å². The second-order valence-electron chi connectivity index (χ2n) is 9.95. The summed E-state index contributed by atoms with van der Waals surface area (Å²) in [6.07, 6.45) is 2.28. The number of phenols is 1. The maximum atomic E-state index is 13.1. The molecule has 5 nitrogen and oxygen atoms in total. The highest BCUT2D eigenvalue weighted by atomic mass is 35.5. The molecule has 0 aromatic heterocycles. The van der Waals surface area contributed by atoms with Crippen molar-refractivity contribution >= 4 is 17.6 Å². The van der Waals surface area contributed by atoms with Gasteiger partial charge in [-0.1, -0.05) is 41.9 Å². The first-order valence-electron chi connectivity index (χ1n) is 11.3. The van der Waals surface area contributed by atoms with E-state index >= 15 is 0 Å². The minimum Gasteiger partial charge on any atom is -0.508 e. The van der Waals surface area contributed by atoms with Gasteiger partial charge in [-0.25, -0.2) is 0 Å². The van der Waals surface area contributed by atoms with Crippen molar-refractivity contribution in [2.75, 3.05) is 19.6 Å². The number of aromatic hydroxyl groups is 1. The quantitative estimate of drug-likeness (QED) is 0.635. The Bertz CT molecular complexity index is 976. The first kappa shape index (κ1) is 23.1. The molecule has 1 saturated heterocycles. The monoisotopic (exact) mass is 457 g/mol. The molecule has 1 N–H and O–H groups in total. The Kier molecular flexibility index (Phi) is 6.53. The summed E-state index contributed by atoms with van der Waals surface area (Å²) in [5.41, 5.74) is 2.69. The van der Waals surface area contributed by atoms with E-state index in [1.54, 1.807) is 12.1 Å². The van der Waals surface area contributed by atoms with Gasteiger partial charge in [0.15, 0.2) is 0 Å². The van der Waals surface area contributed by atoms with Crippen molar-refractivity contribution in [3.63, 3.8) is 0 Å². The van der Waals surface area contributed by atoms with Crippen LogP contribution in [0, 0.1) is 5.92 Å². The molecule has 32 heavy (non-hydrogen) atoms. The number of hydrogen-bond acceptors (Lipinski definition) is 5. The molecular weight excluding hydrogens is 426 g/mol. The molecule has 4 rings (SSSR count). The Hall–Kier alpha value is -2.08. The van der Waals surface area contributed by atoms with Crippen LogP contribution in [0.15, 0.2) is 42.5 Å². The lowest BCUT2D eigenvalue weighted by atomic mass is 9.83. The Morgan fingerprint density at radius 1 is 1.22 bits per heavy atom. The summed E-state index contributed by atoms with van der Waals surface area (Å²) in [7, 11) is 0. The molecule has 172 valence electrons. The summed E-state index contributed by atoms with van der Waals surface area (Å²) in [6, 6.07) is 13.4. The van der Waals surface area contributed by atoms with Crippen LogP contribution in [0.4, 0.5) is 0 Å². The average Bonchev–Trinajstić information content (AvgIpc) is 3.08. The summed E-state index contributed by atoms with van der Waals surface area (Å²) in [5, 5.41) is 10.1. The summed E-state index contributed by atoms with van der Waals surface area (Å²) < 4.78 is 12.0. The van der Waals surface area contributed by atoms with Gasteiger partial charge in [-0.15, -0.1) is 0 Å². The van der Waals surface area contributed by atoms with Gasteiger partial charge in [0.2, 0.25) is 0 Å². The summed E-state index contributed by atoms with van der Waals surface area (Å²) in [5.74, 6) is -0.447. The highest BCUT2D eigenvalue weighted by Crippen LogP contribution is 2.44. The van der Waals surface area contributed by atoms with Crippen LogP contribution in [0.2, 0.25) is 5.02 Å². The lowest BCUT2D eigenvalue weighted by Crippen LogP contribution is -2.46. The van der Waals surface area contributed by atoms with Gasteiger partial charge in [0, 0.05) is 24.7 Å². The normalized spacial score (nSPS) is 19.0. The van der Waals surface area contributed by atoms with Gasteiger partial charge >= 0.3 is 5.97 Å². The third-order valence-electron chi connectivity index (χ3n) is 6.40. The third-order valence-corrected chi connectivity index (χ3v) is 6.75. The first-order valence-corrected chi connectivity index (χ1v) is 11.7. The van der Waals surface area contributed by atoms with Crippen LogP contribution < -0.4 is 0 Å². The summed E-state index contributed by atoms with van der Waals surface area (Å²) in [4.78, 5) is 15.4. The predicted molar refractivity (Wildman–Crippen MR) is 125 cm³/mol. The van der Waals surface area contributed by atoms with Gasteiger partial charge in [0.1, 0.15) is 11.4 Å². The predicted octanol–water partition coefficient (Wildman–Crippen LogP) is 5.07. The zero-order valence-corrected chi connectivity index (χ0v) is 19.8. The van der Waals surface area contributed by atoms with Gasteiger partial charge < -0.3 is 19.5 Å². The second-order valence-corrected chi connectivity index (χ2v) is 10.4. The number of phenolic OH excluding ortho intramolecular Hbond substituents is 1. The molecule has 2 aliphatic heterocycles. The van der Waals surface area contributed by atoms with Crippen LogP contribution in [-0.4, -0.2) is 41.2 Å². The van der Waals surface area contributed by atoms with Crippen LogP contribution in [0.25, 0.3) is 0 Å². The molecule has 1 fully saturated rings. The molecule has 0 bridgehead atoms. The molecule has 0 radical (unpaired) electrons. The van der Waals surface area contributed by atoms with E-state index in [0.717, 1.165) is 31.5 Å². The van der Waals surface area contributed by atoms with E-state index in [9.17, 15) is 9.90 Å². The molecule has 0 aliphatic carbocycles. The van der Waals surface area contributed by atoms with E-state index in [1.165, 1.54) is 17.2 Å². The van der Waals surface area contributed by atoms with Crippen molar-refractivity contribution in [3.8, 4) is 5.75 Å². The maximum Gasteiger partial charge on any atom is 0.311 e. The fourth-order valence-corrected chi connectivity index (χ4v) is 5.03. The number of likely N-dealkylation sites (tertiary alicyclic amines) is 1. The van der Waals surface area contributed by atoms with E-state index in [4.69, 9.17) is 21.1 Å². The second kappa shape index (κ2) is 9.05. The number of hydrogen-bond donors (Lipinski definition) is 1. The summed E-state index contributed by atoms with van der Waals surface area (Å²) in [6.45, 7) is 8.65. The molecule has 2 heterocycles. The van der Waals surface area contributed by atoms with Crippen molar-refractivity contribution in [1.82, 2.24) is 4.90 Å². The van der Waals surface area contributed by atoms with E-state index < -0.39 is 5.60 Å². The number of esters is 1. The van der Waals surface area contributed by atoms with Gasteiger partial charge in [-0.3, -0.25) is 4.79 Å². The Labute approximate surface area is 195 Å². The number of halogens is 1. The standard InChI is InChI=1S/C26H32ClNO4/c1-25(2,3)32-24(30)20(14-18-8-9-21(29)15-23(18)27)16-28-12-10-26(11-13-28)22-7-5-4-6-19(22)17-31-26/h4-9,15,20,29H,10-14,16-17H2,1-3H3. The molecule has 0 amide bonds. The van der Waals surface area contributed by atoms with Gasteiger partial charge in [-0.2, -0.15) is 0 Å². The van der Waals surface area contributed by atoms with E-state index in [0.29, 0.717) is 24.6 Å². The largest absolute Gasteiger partial charge is 0.508 e. The summed E-state index contributed by atoms with van der Waals surface area (Å²) >= 11 is 6.34. The molecular formula is C26H32ClNO4. The van der Waals surface area contributed by atoms with Gasteiger partial charge in [-0.05, 0) is 68.9 Å². The van der Waals surface area contributed by atoms with Gasteiger partial charge in [0.25, 0.3) is 0 Å². The van der Waals surface area contributed by atoms with Crippen LogP contribution in [0.3, 0.4) is 0 Å². The number of ether oxygens (including phenoxy) is 2. The smallest absolute Gasteiger partial charge is 0.311 e. The van der Waals surface area contributed by atoms with E-state index in [-0.39, 0.29) is 23.2 Å². The lowest BCUT2D eigenvalue weighted by molar-refractivity contribution is -0.161. The van der Waals surface area contributed by atoms with Crippen molar-refractivity contribution in [3.05, 3.63) is 64.2 Å². The SMILES string of the molecule is CC(C)(C)OC(=O)C(Cc1ccc(O)cc1Cl)CN1CCC2(CC1)OCc1ccccc12. The van der Waals surface area contributed by atoms with Gasteiger partial charge in [0.05, 0.1) is 18.1 Å². The molecule has 2 aromatic carbocycles. The lowest BCUT2D eigenvalue weighted by Gasteiger charge is -2.40. The van der Waals surface area contributed by atoms with Crippen LogP contribution in [0.5, 0.6) is 5.75 Å². The Morgan fingerprint density at radius 2 is 1.94 bits per heavy atom. The van der Waals surface area contributed by atoms with Crippen LogP contribution >= 0.6 is 11.6 Å². The van der Waals surface area contributed by atoms with E-state index in [2.05, 4.69) is 29.2 Å². The Balaban J connectivity index is 1.46. The highest BCUT2D eigenvalue weighted by Gasteiger charge is 2.43. The number of rotatable bonds is 5. The average molecular weight is 458 g/mol. The molecule has 1 atom stereocenters. The maximum absolute atomic E-state index is 13.1. The molecule has 1 unspecified atom stereocenters. The van der Waals surface area contributed by atoms with Crippen molar-refractivity contribution in [2.24, 2.45) is 5.92 Å². The number of carbonyl (C=O) groups excluding carboxylic acids is 1. The number of nitrogens with zero attached hydrogens (tertiary/aromatic N) is 1. The third kappa shape index (κ3) is 5.11. The molecule has 2 aliphatic rings. The van der Waals surface area contributed by atoms with Crippen LogP contribution in [0.1, 0.15) is 50.3 Å². The van der Waals surface area contributed by atoms with Crippen molar-refractivity contribution in [2.45, 2.75) is 57.8 Å². The molecule has 6 heteroatoms. The minimum absolute atomic E-state index is 0.116. The Morgan fingerprint density at radius 3 is 2.62 bits per heavy atom. The van der Waals surface area contributed by atoms with Crippen molar-refractivity contribution < 1.29 is 19.4 Å². The first-order chi connectivity index (χ1) is 15.2. The zero-order chi connectivity index (χ0) is 22.9. The molecule has 1 spiro atoms. The highest BCUT2D eigenvalue weighted by molar-refractivity contribution is 6.31. The zero-order valence-electron chi connectivity index (χ0n) is 19.1. The minimum atomic E-state index is -0.554. The number of piperidine rings is 1. The number of fused-ring (bicyclic) bond motifs is 2.